The number of nitrogen functional groups attached to an aromatic ring is 1. The first-order valence-corrected chi connectivity index (χ1v) is 9.17. The van der Waals surface area contributed by atoms with Crippen LogP contribution in [0.5, 0.6) is 0 Å². The lowest BCUT2D eigenvalue weighted by Crippen LogP contribution is -2.22. The van der Waals surface area contributed by atoms with Crippen LogP contribution in [0.3, 0.4) is 0 Å². The van der Waals surface area contributed by atoms with Gasteiger partial charge in [-0.05, 0) is 12.8 Å². The zero-order valence-corrected chi connectivity index (χ0v) is 13.6. The summed E-state index contributed by atoms with van der Waals surface area (Å²) in [5.74, 6) is 0.658. The molecule has 12 heteroatoms. The summed E-state index contributed by atoms with van der Waals surface area (Å²) in [5.41, 5.74) is 6.76. The maximum atomic E-state index is 10.7. The van der Waals surface area contributed by atoms with Gasteiger partial charge in [0, 0.05) is 6.04 Å². The number of hydrogen-bond donors (Lipinski definition) is 5. The molecule has 1 atom stereocenters. The van der Waals surface area contributed by atoms with Gasteiger partial charge in [-0.3, -0.25) is 4.57 Å². The molecule has 1 saturated carbocycles. The number of aromatic nitrogens is 4. The molecule has 0 spiro atoms. The highest BCUT2D eigenvalue weighted by Crippen LogP contribution is 2.33. The fraction of sp³-hybridized carbons (Fsp3) is 0.583. The molecule has 6 N–H and O–H groups in total. The van der Waals surface area contributed by atoms with E-state index in [1.807, 2.05) is 0 Å². The van der Waals surface area contributed by atoms with Crippen molar-refractivity contribution in [3.8, 4) is 0 Å². The quantitative estimate of drug-likeness (QED) is 0.388. The van der Waals surface area contributed by atoms with Crippen LogP contribution in [0, 0.1) is 0 Å². The van der Waals surface area contributed by atoms with Crippen molar-refractivity contribution in [2.24, 2.45) is 0 Å². The minimum absolute atomic E-state index is 0.0942. The third kappa shape index (κ3) is 4.40. The van der Waals surface area contributed by atoms with Crippen LogP contribution in [0.2, 0.25) is 0 Å². The molecular formula is C12H19N6O5P. The predicted molar refractivity (Wildman–Crippen MR) is 85.3 cm³/mol. The molecule has 132 valence electrons. The number of hydrogen-bond acceptors (Lipinski definition) is 8. The Morgan fingerprint density at radius 2 is 2.21 bits per heavy atom. The maximum Gasteiger partial charge on any atom is 0.350 e. The number of aliphatic hydroxyl groups excluding tert-OH is 1. The molecule has 0 aliphatic heterocycles. The summed E-state index contributed by atoms with van der Waals surface area (Å²) in [5, 5.41) is 13.2. The van der Waals surface area contributed by atoms with Crippen molar-refractivity contribution in [2.75, 3.05) is 24.0 Å². The van der Waals surface area contributed by atoms with Gasteiger partial charge in [0.05, 0.1) is 25.6 Å². The molecule has 0 aromatic carbocycles. The lowest BCUT2D eigenvalue weighted by atomic mass is 10.3. The predicted octanol–water partition coefficient (Wildman–Crippen LogP) is -0.505. The maximum absolute atomic E-state index is 10.7. The second kappa shape index (κ2) is 6.61. The Morgan fingerprint density at radius 3 is 2.88 bits per heavy atom. The number of fused-ring (bicyclic) bond motifs is 1. The van der Waals surface area contributed by atoms with E-state index >= 15 is 0 Å². The van der Waals surface area contributed by atoms with Crippen LogP contribution in [0.1, 0.15) is 12.8 Å². The van der Waals surface area contributed by atoms with Crippen molar-refractivity contribution in [3.63, 3.8) is 0 Å². The molecule has 0 bridgehead atoms. The number of ether oxygens (including phenoxy) is 1. The molecule has 1 unspecified atom stereocenters. The molecule has 0 saturated heterocycles. The second-order valence-electron chi connectivity index (χ2n) is 5.74. The highest BCUT2D eigenvalue weighted by Gasteiger charge is 2.24. The van der Waals surface area contributed by atoms with Crippen LogP contribution in [0.15, 0.2) is 6.33 Å². The minimum atomic E-state index is -4.25. The molecule has 2 aromatic heterocycles. The molecule has 1 aliphatic carbocycles. The molecule has 1 aliphatic rings. The Bertz CT molecular complexity index is 773. The molecule has 1 fully saturated rings. The third-order valence-electron chi connectivity index (χ3n) is 3.38. The van der Waals surface area contributed by atoms with E-state index in [1.54, 1.807) is 4.57 Å². The number of anilines is 2. The van der Waals surface area contributed by atoms with Crippen LogP contribution in [0.25, 0.3) is 11.2 Å². The standard InChI is InChI=1S/C12H19N6O5P/c13-12-16-10(15-7-1-2-7)9-11(17-12)18(5-14-9)3-8(19)4-23-6-24(20,21)22/h5,7-8,19H,1-4,6H2,(H2,20,21,22)(H3,13,15,16,17). The molecule has 0 radical (unpaired) electrons. The van der Waals surface area contributed by atoms with Crippen molar-refractivity contribution in [3.05, 3.63) is 6.33 Å². The fourth-order valence-corrected chi connectivity index (χ4v) is 2.55. The number of rotatable bonds is 8. The topological polar surface area (TPSA) is 169 Å². The van der Waals surface area contributed by atoms with Crippen LogP contribution < -0.4 is 11.1 Å². The van der Waals surface area contributed by atoms with Crippen LogP contribution in [-0.4, -0.2) is 59.5 Å². The summed E-state index contributed by atoms with van der Waals surface area (Å²) in [7, 11) is -4.25. The SMILES string of the molecule is Nc1nc(NC2CC2)c2ncn(CC(O)COCP(=O)(O)O)c2n1. The van der Waals surface area contributed by atoms with Crippen molar-refractivity contribution < 1.29 is 24.2 Å². The van der Waals surface area contributed by atoms with Gasteiger partial charge in [-0.1, -0.05) is 0 Å². The zero-order valence-electron chi connectivity index (χ0n) is 12.7. The summed E-state index contributed by atoms with van der Waals surface area (Å²) in [6.45, 7) is -0.129. The molecule has 24 heavy (non-hydrogen) atoms. The van der Waals surface area contributed by atoms with Gasteiger partial charge in [0.1, 0.15) is 6.35 Å². The zero-order chi connectivity index (χ0) is 17.3. The Morgan fingerprint density at radius 1 is 1.46 bits per heavy atom. The lowest BCUT2D eigenvalue weighted by molar-refractivity contribution is 0.0413. The van der Waals surface area contributed by atoms with Gasteiger partial charge in [-0.25, -0.2) is 4.98 Å². The highest BCUT2D eigenvalue weighted by atomic mass is 31.2. The summed E-state index contributed by atoms with van der Waals surface area (Å²) in [4.78, 5) is 30.0. The van der Waals surface area contributed by atoms with Crippen LogP contribution in [0.4, 0.5) is 11.8 Å². The third-order valence-corrected chi connectivity index (χ3v) is 3.90. The first-order chi connectivity index (χ1) is 11.3. The number of nitrogens with two attached hydrogens (primary N) is 1. The monoisotopic (exact) mass is 358 g/mol. The smallest absolute Gasteiger partial charge is 0.350 e. The number of imidazole rings is 1. The van der Waals surface area contributed by atoms with Gasteiger partial charge >= 0.3 is 7.60 Å². The molecule has 3 rings (SSSR count). The Kier molecular flexibility index (Phi) is 4.70. The summed E-state index contributed by atoms with van der Waals surface area (Å²) < 4.78 is 17.1. The van der Waals surface area contributed by atoms with E-state index in [9.17, 15) is 9.67 Å². The van der Waals surface area contributed by atoms with Crippen molar-refractivity contribution in [1.29, 1.82) is 0 Å². The summed E-state index contributed by atoms with van der Waals surface area (Å²) >= 11 is 0. The first kappa shape index (κ1) is 17.1. The molecular weight excluding hydrogens is 339 g/mol. The number of nitrogens with one attached hydrogen (secondary N) is 1. The van der Waals surface area contributed by atoms with E-state index in [2.05, 4.69) is 20.3 Å². The summed E-state index contributed by atoms with van der Waals surface area (Å²) in [6, 6.07) is 0.374. The molecule has 11 nitrogen and oxygen atoms in total. The van der Waals surface area contributed by atoms with E-state index in [1.165, 1.54) is 6.33 Å². The highest BCUT2D eigenvalue weighted by molar-refractivity contribution is 7.51. The molecule has 0 amide bonds. The van der Waals surface area contributed by atoms with E-state index in [0.717, 1.165) is 12.8 Å². The van der Waals surface area contributed by atoms with Gasteiger partial charge in [0.25, 0.3) is 0 Å². The van der Waals surface area contributed by atoms with Crippen molar-refractivity contribution >= 4 is 30.5 Å². The molecule has 2 aromatic rings. The Labute approximate surface area is 137 Å². The van der Waals surface area contributed by atoms with Crippen molar-refractivity contribution in [2.45, 2.75) is 31.5 Å². The van der Waals surface area contributed by atoms with E-state index in [4.69, 9.17) is 20.3 Å². The minimum Gasteiger partial charge on any atom is -0.389 e. The Balaban J connectivity index is 1.70. The van der Waals surface area contributed by atoms with Gasteiger partial charge < -0.3 is 35.2 Å². The van der Waals surface area contributed by atoms with Gasteiger partial charge in [-0.15, -0.1) is 0 Å². The van der Waals surface area contributed by atoms with Crippen LogP contribution >= 0.6 is 7.60 Å². The average molecular weight is 358 g/mol. The fourth-order valence-electron chi connectivity index (χ4n) is 2.20. The number of nitrogens with zero attached hydrogens (tertiary/aromatic N) is 4. The second-order valence-corrected chi connectivity index (χ2v) is 7.32. The Hall–Kier alpha value is -1.78. The van der Waals surface area contributed by atoms with Gasteiger partial charge in [-0.2, -0.15) is 9.97 Å². The van der Waals surface area contributed by atoms with Gasteiger partial charge in [0.2, 0.25) is 5.95 Å². The van der Waals surface area contributed by atoms with Gasteiger partial charge in [0.15, 0.2) is 17.0 Å². The van der Waals surface area contributed by atoms with E-state index in [-0.39, 0.29) is 19.1 Å². The van der Waals surface area contributed by atoms with Crippen LogP contribution in [-0.2, 0) is 15.8 Å². The normalized spacial score (nSPS) is 16.5. The first-order valence-electron chi connectivity index (χ1n) is 7.37. The average Bonchev–Trinajstić information content (AvgIpc) is 3.19. The molecule has 2 heterocycles. The van der Waals surface area contributed by atoms with E-state index in [0.29, 0.717) is 23.0 Å². The lowest BCUT2D eigenvalue weighted by Gasteiger charge is -2.13. The summed E-state index contributed by atoms with van der Waals surface area (Å²) in [6.07, 6.45) is 1.93. The van der Waals surface area contributed by atoms with Crippen molar-refractivity contribution in [1.82, 2.24) is 19.5 Å². The largest absolute Gasteiger partial charge is 0.389 e. The number of aliphatic hydroxyl groups is 1. The van der Waals surface area contributed by atoms with E-state index < -0.39 is 20.0 Å².